The normalized spacial score (nSPS) is 15.4. The third-order valence-corrected chi connectivity index (χ3v) is 4.01. The zero-order chi connectivity index (χ0) is 14.1. The van der Waals surface area contributed by atoms with E-state index in [4.69, 9.17) is 5.73 Å². The van der Waals surface area contributed by atoms with E-state index in [1.54, 1.807) is 0 Å². The van der Waals surface area contributed by atoms with Crippen molar-refractivity contribution in [2.75, 3.05) is 11.4 Å². The number of hydrogen-bond donors (Lipinski definition) is 1. The molecule has 1 aliphatic rings. The first-order valence-electron chi connectivity index (χ1n) is 7.32. The summed E-state index contributed by atoms with van der Waals surface area (Å²) >= 11 is 0. The van der Waals surface area contributed by atoms with E-state index < -0.39 is 0 Å². The number of hydrogen-bond acceptors (Lipinski definition) is 3. The molecule has 0 aliphatic carbocycles. The molecule has 0 saturated heterocycles. The molecule has 0 radical (unpaired) electrons. The van der Waals surface area contributed by atoms with Crippen LogP contribution in [-0.2, 0) is 19.5 Å². The van der Waals surface area contributed by atoms with E-state index in [-0.39, 0.29) is 6.04 Å². The molecule has 0 saturated carbocycles. The first-order valence-corrected chi connectivity index (χ1v) is 7.32. The molecule has 0 fully saturated rings. The quantitative estimate of drug-likeness (QED) is 0.928. The Balaban J connectivity index is 1.79. The molecule has 1 unspecified atom stereocenters. The molecule has 4 heteroatoms. The summed E-state index contributed by atoms with van der Waals surface area (Å²) in [5, 5.41) is 4.34. The maximum atomic E-state index is 5.96. The first-order chi connectivity index (χ1) is 9.67. The lowest BCUT2D eigenvalue weighted by atomic mass is 10.0. The molecule has 4 nitrogen and oxygen atoms in total. The van der Waals surface area contributed by atoms with Crippen LogP contribution in [0.2, 0.25) is 0 Å². The van der Waals surface area contributed by atoms with E-state index in [0.717, 1.165) is 26.1 Å². The molecule has 0 amide bonds. The Hall–Kier alpha value is -1.81. The summed E-state index contributed by atoms with van der Waals surface area (Å²) in [4.78, 5) is 2.43. The topological polar surface area (TPSA) is 47.1 Å². The number of nitrogens with zero attached hydrogens (tertiary/aromatic N) is 3. The maximum absolute atomic E-state index is 5.96. The van der Waals surface area contributed by atoms with Gasteiger partial charge in [-0.1, -0.05) is 12.1 Å². The Morgan fingerprint density at radius 1 is 1.40 bits per heavy atom. The van der Waals surface area contributed by atoms with Gasteiger partial charge in [0.1, 0.15) is 0 Å². The van der Waals surface area contributed by atoms with Crippen molar-refractivity contribution in [2.24, 2.45) is 5.73 Å². The van der Waals surface area contributed by atoms with Crippen molar-refractivity contribution in [3.8, 4) is 0 Å². The van der Waals surface area contributed by atoms with E-state index in [2.05, 4.69) is 41.3 Å². The van der Waals surface area contributed by atoms with Crippen LogP contribution in [-0.4, -0.2) is 16.3 Å². The Bertz CT molecular complexity index is 600. The number of benzene rings is 1. The van der Waals surface area contributed by atoms with Gasteiger partial charge in [-0.25, -0.2) is 0 Å². The molecule has 2 aromatic rings. The van der Waals surface area contributed by atoms with Crippen molar-refractivity contribution in [3.63, 3.8) is 0 Å². The first kappa shape index (κ1) is 13.2. The molecule has 0 bridgehead atoms. The predicted octanol–water partition coefficient (Wildman–Crippen LogP) is 2.49. The average molecular weight is 270 g/mol. The molecule has 1 atom stereocenters. The monoisotopic (exact) mass is 270 g/mol. The summed E-state index contributed by atoms with van der Waals surface area (Å²) in [6.07, 6.45) is 5.21. The number of fused-ring (bicyclic) bond motifs is 1. The minimum Gasteiger partial charge on any atom is -0.367 e. The van der Waals surface area contributed by atoms with Gasteiger partial charge >= 0.3 is 0 Å². The van der Waals surface area contributed by atoms with Crippen molar-refractivity contribution in [3.05, 3.63) is 47.3 Å². The Morgan fingerprint density at radius 3 is 2.95 bits per heavy atom. The number of aryl methyl sites for hydroxylation is 1. The SMILES string of the molecule is CCn1cc(CN2CCc3cc(C(C)N)ccc32)cn1. The largest absolute Gasteiger partial charge is 0.367 e. The summed E-state index contributed by atoms with van der Waals surface area (Å²) in [5.74, 6) is 0. The molecule has 2 heterocycles. The lowest BCUT2D eigenvalue weighted by molar-refractivity contribution is 0.659. The minimum absolute atomic E-state index is 0.108. The van der Waals surface area contributed by atoms with Crippen molar-refractivity contribution < 1.29 is 0 Å². The smallest absolute Gasteiger partial charge is 0.0539 e. The van der Waals surface area contributed by atoms with Crippen molar-refractivity contribution in [2.45, 2.75) is 39.4 Å². The fraction of sp³-hybridized carbons (Fsp3) is 0.438. The van der Waals surface area contributed by atoms with Gasteiger partial charge in [-0.15, -0.1) is 0 Å². The van der Waals surface area contributed by atoms with Crippen LogP contribution in [0.3, 0.4) is 0 Å². The molecular formula is C16H22N4. The van der Waals surface area contributed by atoms with Gasteiger partial charge in [0.2, 0.25) is 0 Å². The Morgan fingerprint density at radius 2 is 2.25 bits per heavy atom. The molecule has 1 aliphatic heterocycles. The number of nitrogens with two attached hydrogens (primary N) is 1. The van der Waals surface area contributed by atoms with Gasteiger partial charge in [-0.2, -0.15) is 5.10 Å². The second-order valence-electron chi connectivity index (χ2n) is 5.55. The van der Waals surface area contributed by atoms with Crippen LogP contribution in [0.5, 0.6) is 0 Å². The van der Waals surface area contributed by atoms with Crippen LogP contribution in [0.4, 0.5) is 5.69 Å². The fourth-order valence-electron chi connectivity index (χ4n) is 2.82. The lowest BCUT2D eigenvalue weighted by Crippen LogP contribution is -2.19. The predicted molar refractivity (Wildman–Crippen MR) is 81.7 cm³/mol. The third kappa shape index (κ3) is 2.43. The second kappa shape index (κ2) is 5.29. The highest BCUT2D eigenvalue weighted by atomic mass is 15.3. The molecule has 2 N–H and O–H groups in total. The standard InChI is InChI=1S/C16H22N4/c1-3-20-11-13(9-18-20)10-19-7-6-15-8-14(12(2)17)4-5-16(15)19/h4-5,8-9,11-12H,3,6-7,10,17H2,1-2H3. The zero-order valence-electron chi connectivity index (χ0n) is 12.2. The van der Waals surface area contributed by atoms with Crippen LogP contribution in [0.15, 0.2) is 30.6 Å². The molecule has 1 aromatic heterocycles. The summed E-state index contributed by atoms with van der Waals surface area (Å²) in [5.41, 5.74) is 11.2. The molecule has 1 aromatic carbocycles. The van der Waals surface area contributed by atoms with Gasteiger partial charge in [0.15, 0.2) is 0 Å². The van der Waals surface area contributed by atoms with E-state index >= 15 is 0 Å². The molecular weight excluding hydrogens is 248 g/mol. The summed E-state index contributed by atoms with van der Waals surface area (Å²) in [7, 11) is 0. The van der Waals surface area contributed by atoms with E-state index in [1.165, 1.54) is 22.4 Å². The molecule has 20 heavy (non-hydrogen) atoms. The zero-order valence-corrected chi connectivity index (χ0v) is 12.2. The van der Waals surface area contributed by atoms with Gasteiger partial charge in [0.25, 0.3) is 0 Å². The number of anilines is 1. The lowest BCUT2D eigenvalue weighted by Gasteiger charge is -2.19. The highest BCUT2D eigenvalue weighted by molar-refractivity contribution is 5.59. The molecule has 0 spiro atoms. The minimum atomic E-state index is 0.108. The Kier molecular flexibility index (Phi) is 3.49. The summed E-state index contributed by atoms with van der Waals surface area (Å²) in [6, 6.07) is 6.73. The van der Waals surface area contributed by atoms with Crippen LogP contribution < -0.4 is 10.6 Å². The van der Waals surface area contributed by atoms with Crippen molar-refractivity contribution >= 4 is 5.69 Å². The van der Waals surface area contributed by atoms with Crippen molar-refractivity contribution in [1.29, 1.82) is 0 Å². The summed E-state index contributed by atoms with van der Waals surface area (Å²) in [6.45, 7) is 7.08. The van der Waals surface area contributed by atoms with Gasteiger partial charge in [0, 0.05) is 43.1 Å². The van der Waals surface area contributed by atoms with Gasteiger partial charge in [-0.3, -0.25) is 4.68 Å². The van der Waals surface area contributed by atoms with E-state index in [0.29, 0.717) is 0 Å². The fourth-order valence-corrected chi connectivity index (χ4v) is 2.82. The van der Waals surface area contributed by atoms with Crippen LogP contribution in [0.1, 0.15) is 36.6 Å². The second-order valence-corrected chi connectivity index (χ2v) is 5.55. The van der Waals surface area contributed by atoms with E-state index in [9.17, 15) is 0 Å². The Labute approximate surface area is 120 Å². The average Bonchev–Trinajstić information content (AvgIpc) is 3.06. The van der Waals surface area contributed by atoms with Gasteiger partial charge in [0.05, 0.1) is 6.20 Å². The number of rotatable bonds is 4. The molecule has 106 valence electrons. The van der Waals surface area contributed by atoms with Gasteiger partial charge < -0.3 is 10.6 Å². The number of aromatic nitrogens is 2. The highest BCUT2D eigenvalue weighted by Gasteiger charge is 2.20. The van der Waals surface area contributed by atoms with Crippen molar-refractivity contribution in [1.82, 2.24) is 9.78 Å². The summed E-state index contributed by atoms with van der Waals surface area (Å²) < 4.78 is 1.98. The molecule has 3 rings (SSSR count). The maximum Gasteiger partial charge on any atom is 0.0539 e. The third-order valence-electron chi connectivity index (χ3n) is 4.01. The highest BCUT2D eigenvalue weighted by Crippen LogP contribution is 2.31. The van der Waals surface area contributed by atoms with Crippen LogP contribution >= 0.6 is 0 Å². The van der Waals surface area contributed by atoms with Crippen LogP contribution in [0, 0.1) is 0 Å². The van der Waals surface area contributed by atoms with E-state index in [1.807, 2.05) is 17.8 Å². The van der Waals surface area contributed by atoms with Crippen LogP contribution in [0.25, 0.3) is 0 Å². The van der Waals surface area contributed by atoms with Gasteiger partial charge in [-0.05, 0) is 37.5 Å².